The number of nitrogens with one attached hydrogen (secondary N) is 3. The molecule has 0 fully saturated rings. The SMILES string of the molecule is CSC[C@H](NC(=O)[C@H](CCCCNC(=O)OC(C)(C)C)NC(=O)OC(C)(C)C)C(=O)O. The average Bonchev–Trinajstić information content (AvgIpc) is 2.56. The summed E-state index contributed by atoms with van der Waals surface area (Å²) in [7, 11) is 0. The molecule has 0 aromatic heterocycles. The number of hydrogen-bond donors (Lipinski definition) is 4. The molecule has 0 unspecified atom stereocenters. The third-order valence-corrected chi connectivity index (χ3v) is 4.21. The first-order chi connectivity index (χ1) is 14.1. The van der Waals surface area contributed by atoms with E-state index in [2.05, 4.69) is 16.0 Å². The standard InChI is InChI=1S/C20H37N3O7S/c1-19(2,3)29-17(27)21-11-9-8-10-13(23-18(28)30-20(4,5)6)15(24)22-14(12-31-7)16(25)26/h13-14H,8-12H2,1-7H3,(H,21,27)(H,22,24)(H,23,28)(H,25,26)/t13-,14-/m0/s1. The Balaban J connectivity index is 4.84. The second kappa shape index (κ2) is 13.3. The molecule has 0 aromatic rings. The Kier molecular flexibility index (Phi) is 12.4. The van der Waals surface area contributed by atoms with Gasteiger partial charge in [-0.2, -0.15) is 11.8 Å². The van der Waals surface area contributed by atoms with Crippen molar-refractivity contribution >= 4 is 35.8 Å². The number of carbonyl (C=O) groups excluding carboxylic acids is 3. The maximum absolute atomic E-state index is 12.6. The van der Waals surface area contributed by atoms with Gasteiger partial charge in [0.25, 0.3) is 0 Å². The van der Waals surface area contributed by atoms with Crippen molar-refractivity contribution in [3.05, 3.63) is 0 Å². The Morgan fingerprint density at radius 3 is 1.90 bits per heavy atom. The molecule has 0 aromatic carbocycles. The first-order valence-corrected chi connectivity index (χ1v) is 11.5. The Morgan fingerprint density at radius 1 is 0.871 bits per heavy atom. The lowest BCUT2D eigenvalue weighted by molar-refractivity contribution is -0.141. The molecule has 2 atom stereocenters. The fourth-order valence-corrected chi connectivity index (χ4v) is 2.87. The van der Waals surface area contributed by atoms with Crippen LogP contribution in [0.4, 0.5) is 9.59 Å². The number of carboxylic acid groups (broad SMARTS) is 1. The summed E-state index contributed by atoms with van der Waals surface area (Å²) in [6, 6.07) is -2.04. The summed E-state index contributed by atoms with van der Waals surface area (Å²) in [6.45, 7) is 10.7. The van der Waals surface area contributed by atoms with Crippen LogP contribution in [-0.2, 0) is 19.1 Å². The van der Waals surface area contributed by atoms with Gasteiger partial charge in [0.15, 0.2) is 0 Å². The fourth-order valence-electron chi connectivity index (χ4n) is 2.31. The number of carbonyl (C=O) groups is 4. The van der Waals surface area contributed by atoms with Crippen LogP contribution in [0.3, 0.4) is 0 Å². The van der Waals surface area contributed by atoms with Gasteiger partial charge in [0.05, 0.1) is 0 Å². The molecule has 0 aliphatic heterocycles. The monoisotopic (exact) mass is 463 g/mol. The number of hydrogen-bond acceptors (Lipinski definition) is 7. The Hall–Kier alpha value is -2.17. The summed E-state index contributed by atoms with van der Waals surface area (Å²) in [4.78, 5) is 47.7. The second-order valence-electron chi connectivity index (χ2n) is 8.98. The van der Waals surface area contributed by atoms with E-state index in [1.54, 1.807) is 47.8 Å². The van der Waals surface area contributed by atoms with Gasteiger partial charge in [-0.3, -0.25) is 4.79 Å². The molecule has 180 valence electrons. The average molecular weight is 464 g/mol. The molecule has 3 amide bonds. The molecular weight excluding hydrogens is 426 g/mol. The third kappa shape index (κ3) is 15.3. The van der Waals surface area contributed by atoms with Crippen LogP contribution in [-0.4, -0.2) is 71.0 Å². The van der Waals surface area contributed by atoms with Crippen molar-refractivity contribution in [1.82, 2.24) is 16.0 Å². The van der Waals surface area contributed by atoms with Gasteiger partial charge in [-0.15, -0.1) is 0 Å². The van der Waals surface area contributed by atoms with Crippen molar-refractivity contribution in [2.75, 3.05) is 18.6 Å². The summed E-state index contributed by atoms with van der Waals surface area (Å²) in [5.74, 6) is -1.56. The quantitative estimate of drug-likeness (QED) is 0.342. The van der Waals surface area contributed by atoms with Gasteiger partial charge in [-0.05, 0) is 67.1 Å². The largest absolute Gasteiger partial charge is 0.480 e. The lowest BCUT2D eigenvalue weighted by Gasteiger charge is -2.24. The molecule has 0 saturated heterocycles. The van der Waals surface area contributed by atoms with E-state index in [4.69, 9.17) is 9.47 Å². The van der Waals surface area contributed by atoms with Gasteiger partial charge < -0.3 is 30.5 Å². The minimum Gasteiger partial charge on any atom is -0.480 e. The number of thioether (sulfide) groups is 1. The van der Waals surface area contributed by atoms with Gasteiger partial charge in [0.2, 0.25) is 5.91 Å². The smallest absolute Gasteiger partial charge is 0.408 e. The molecule has 0 saturated carbocycles. The highest BCUT2D eigenvalue weighted by Crippen LogP contribution is 2.10. The highest BCUT2D eigenvalue weighted by molar-refractivity contribution is 7.98. The van der Waals surface area contributed by atoms with Crippen LogP contribution >= 0.6 is 11.8 Å². The zero-order chi connectivity index (χ0) is 24.2. The maximum Gasteiger partial charge on any atom is 0.408 e. The van der Waals surface area contributed by atoms with Crippen LogP contribution in [0.25, 0.3) is 0 Å². The molecule has 10 nitrogen and oxygen atoms in total. The van der Waals surface area contributed by atoms with E-state index in [0.29, 0.717) is 19.4 Å². The molecule has 0 aliphatic rings. The van der Waals surface area contributed by atoms with E-state index < -0.39 is 47.3 Å². The minimum absolute atomic E-state index is 0.194. The van der Waals surface area contributed by atoms with Crippen molar-refractivity contribution in [2.45, 2.75) is 84.1 Å². The molecule has 4 N–H and O–H groups in total. The maximum atomic E-state index is 12.6. The van der Waals surface area contributed by atoms with Crippen LogP contribution in [0.5, 0.6) is 0 Å². The summed E-state index contributed by atoms with van der Waals surface area (Å²) in [5, 5.41) is 16.8. The molecule has 0 heterocycles. The normalized spacial score (nSPS) is 13.5. The zero-order valence-corrected chi connectivity index (χ0v) is 20.3. The van der Waals surface area contributed by atoms with Gasteiger partial charge in [0.1, 0.15) is 23.3 Å². The molecular formula is C20H37N3O7S. The molecule has 11 heteroatoms. The number of alkyl carbamates (subject to hydrolysis) is 2. The van der Waals surface area contributed by atoms with Crippen LogP contribution in [0.15, 0.2) is 0 Å². The molecule has 0 radical (unpaired) electrons. The first-order valence-electron chi connectivity index (χ1n) is 10.1. The van der Waals surface area contributed by atoms with Gasteiger partial charge in [0, 0.05) is 12.3 Å². The van der Waals surface area contributed by atoms with E-state index >= 15 is 0 Å². The predicted octanol–water partition coefficient (Wildman–Crippen LogP) is 2.51. The van der Waals surface area contributed by atoms with E-state index in [0.717, 1.165) is 0 Å². The van der Waals surface area contributed by atoms with Crippen molar-refractivity contribution in [1.29, 1.82) is 0 Å². The lowest BCUT2D eigenvalue weighted by Crippen LogP contribution is -2.53. The topological polar surface area (TPSA) is 143 Å². The number of aliphatic carboxylic acids is 1. The second-order valence-corrected chi connectivity index (χ2v) is 9.89. The van der Waals surface area contributed by atoms with Crippen LogP contribution in [0, 0.1) is 0 Å². The van der Waals surface area contributed by atoms with Gasteiger partial charge >= 0.3 is 18.2 Å². The van der Waals surface area contributed by atoms with E-state index in [1.165, 1.54) is 11.8 Å². The molecule has 0 rings (SSSR count). The summed E-state index contributed by atoms with van der Waals surface area (Å²) >= 11 is 1.28. The number of rotatable bonds is 11. The van der Waals surface area contributed by atoms with E-state index in [1.807, 2.05) is 0 Å². The summed E-state index contributed by atoms with van der Waals surface area (Å²) in [5.41, 5.74) is -1.34. The highest BCUT2D eigenvalue weighted by atomic mass is 32.2. The first kappa shape index (κ1) is 28.8. The van der Waals surface area contributed by atoms with Crippen LogP contribution < -0.4 is 16.0 Å². The number of amides is 3. The molecule has 31 heavy (non-hydrogen) atoms. The minimum atomic E-state index is -1.15. The van der Waals surface area contributed by atoms with Crippen molar-refractivity contribution < 1.29 is 33.8 Å². The molecule has 0 spiro atoms. The zero-order valence-electron chi connectivity index (χ0n) is 19.5. The van der Waals surface area contributed by atoms with Crippen molar-refractivity contribution in [2.24, 2.45) is 0 Å². The third-order valence-electron chi connectivity index (χ3n) is 3.54. The molecule has 0 aliphatic carbocycles. The Bertz CT molecular complexity index is 615. The fraction of sp³-hybridized carbons (Fsp3) is 0.800. The summed E-state index contributed by atoms with van der Waals surface area (Å²) < 4.78 is 10.3. The highest BCUT2D eigenvalue weighted by Gasteiger charge is 2.28. The van der Waals surface area contributed by atoms with Crippen LogP contribution in [0.1, 0.15) is 60.8 Å². The number of unbranched alkanes of at least 4 members (excludes halogenated alkanes) is 1. The van der Waals surface area contributed by atoms with Crippen LogP contribution in [0.2, 0.25) is 0 Å². The Labute approximate surface area is 188 Å². The van der Waals surface area contributed by atoms with Gasteiger partial charge in [-0.25, -0.2) is 14.4 Å². The van der Waals surface area contributed by atoms with Gasteiger partial charge in [-0.1, -0.05) is 0 Å². The van der Waals surface area contributed by atoms with E-state index in [-0.39, 0.29) is 12.2 Å². The number of carboxylic acids is 1. The Morgan fingerprint density at radius 2 is 1.42 bits per heavy atom. The lowest BCUT2D eigenvalue weighted by atomic mass is 10.1. The van der Waals surface area contributed by atoms with E-state index in [9.17, 15) is 24.3 Å². The van der Waals surface area contributed by atoms with Crippen molar-refractivity contribution in [3.8, 4) is 0 Å². The summed E-state index contributed by atoms with van der Waals surface area (Å²) in [6.07, 6.45) is 1.70. The predicted molar refractivity (Wildman–Crippen MR) is 119 cm³/mol. The van der Waals surface area contributed by atoms with Crippen molar-refractivity contribution in [3.63, 3.8) is 0 Å². The molecule has 0 bridgehead atoms. The number of ether oxygens (including phenoxy) is 2.